The molecule has 8 heteroatoms. The second-order valence-electron chi connectivity index (χ2n) is 5.17. The molecule has 0 aromatic carbocycles. The summed E-state index contributed by atoms with van der Waals surface area (Å²) in [6, 6.07) is 1.66. The number of rotatable bonds is 4. The lowest BCUT2D eigenvalue weighted by atomic mass is 9.95. The fraction of sp³-hybridized carbons (Fsp3) is 0.462. The van der Waals surface area contributed by atoms with Gasteiger partial charge < -0.3 is 10.4 Å². The Morgan fingerprint density at radius 1 is 1.33 bits per heavy atom. The number of amides is 1. The van der Waals surface area contributed by atoms with Crippen LogP contribution in [0.1, 0.15) is 35.8 Å². The summed E-state index contributed by atoms with van der Waals surface area (Å²) in [6.07, 6.45) is -2.62. The van der Waals surface area contributed by atoms with E-state index in [0.29, 0.717) is 19.0 Å². The summed E-state index contributed by atoms with van der Waals surface area (Å²) in [5.41, 5.74) is -2.65. The van der Waals surface area contributed by atoms with Crippen LogP contribution in [0, 0.1) is 5.92 Å². The van der Waals surface area contributed by atoms with Crippen molar-refractivity contribution in [1.29, 1.82) is 0 Å². The van der Waals surface area contributed by atoms with Crippen LogP contribution >= 0.6 is 0 Å². The Balaban J connectivity index is 2.15. The highest BCUT2D eigenvalue weighted by molar-refractivity contribution is 5.96. The number of carboxylic acids is 1. The molecule has 1 aromatic heterocycles. The zero-order valence-corrected chi connectivity index (χ0v) is 11.1. The van der Waals surface area contributed by atoms with Gasteiger partial charge in [-0.15, -0.1) is 0 Å². The van der Waals surface area contributed by atoms with Gasteiger partial charge in [0.2, 0.25) is 0 Å². The molecule has 1 saturated carbocycles. The third kappa shape index (κ3) is 3.14. The number of alkyl halides is 3. The molecule has 21 heavy (non-hydrogen) atoms. The van der Waals surface area contributed by atoms with Gasteiger partial charge in [-0.1, -0.05) is 0 Å². The number of hydrogen-bond acceptors (Lipinski definition) is 3. The van der Waals surface area contributed by atoms with Crippen molar-refractivity contribution in [3.05, 3.63) is 29.6 Å². The molecule has 1 aliphatic carbocycles. The zero-order valence-electron chi connectivity index (χ0n) is 11.1. The lowest BCUT2D eigenvalue weighted by molar-refractivity contribution is -0.144. The van der Waals surface area contributed by atoms with E-state index in [0.717, 1.165) is 12.1 Å². The van der Waals surface area contributed by atoms with Gasteiger partial charge in [0.05, 0.1) is 5.56 Å². The van der Waals surface area contributed by atoms with Gasteiger partial charge >= 0.3 is 12.1 Å². The number of pyridine rings is 1. The number of carbonyl (C=O) groups is 2. The van der Waals surface area contributed by atoms with E-state index in [1.807, 2.05) is 0 Å². The summed E-state index contributed by atoms with van der Waals surface area (Å²) in [4.78, 5) is 26.7. The Morgan fingerprint density at radius 3 is 2.33 bits per heavy atom. The van der Waals surface area contributed by atoms with E-state index in [4.69, 9.17) is 0 Å². The highest BCUT2D eigenvalue weighted by Gasteiger charge is 2.48. The van der Waals surface area contributed by atoms with Crippen molar-refractivity contribution in [3.8, 4) is 0 Å². The van der Waals surface area contributed by atoms with E-state index in [-0.39, 0.29) is 11.6 Å². The van der Waals surface area contributed by atoms with E-state index in [1.165, 1.54) is 6.92 Å². The van der Waals surface area contributed by atoms with E-state index in [2.05, 4.69) is 10.3 Å². The molecular formula is C13H13F3N2O3. The van der Waals surface area contributed by atoms with Crippen LogP contribution in [0.25, 0.3) is 0 Å². The van der Waals surface area contributed by atoms with Crippen molar-refractivity contribution in [2.45, 2.75) is 31.5 Å². The molecule has 1 atom stereocenters. The van der Waals surface area contributed by atoms with Gasteiger partial charge in [-0.3, -0.25) is 9.78 Å². The molecule has 0 saturated heterocycles. The maximum absolute atomic E-state index is 12.4. The standard InChI is InChI=1S/C13H13F3N2O3/c1-12(11(20)21,7-2-3-7)18-10(19)9-5-4-8(6-17-9)13(14,15)16/h4-7H,2-3H2,1H3,(H,18,19)(H,20,21). The summed E-state index contributed by atoms with van der Waals surface area (Å²) >= 11 is 0. The number of carboxylic acid groups (broad SMARTS) is 1. The van der Waals surface area contributed by atoms with Crippen LogP contribution in [-0.2, 0) is 11.0 Å². The van der Waals surface area contributed by atoms with Gasteiger partial charge in [0.15, 0.2) is 0 Å². The average molecular weight is 302 g/mol. The number of carbonyl (C=O) groups excluding carboxylic acids is 1. The van der Waals surface area contributed by atoms with E-state index in [9.17, 15) is 27.9 Å². The molecule has 114 valence electrons. The monoisotopic (exact) mass is 302 g/mol. The molecule has 1 heterocycles. The first-order chi connectivity index (χ1) is 9.64. The number of hydrogen-bond donors (Lipinski definition) is 2. The highest BCUT2D eigenvalue weighted by Crippen LogP contribution is 2.39. The van der Waals surface area contributed by atoms with Gasteiger partial charge in [-0.25, -0.2) is 4.79 Å². The summed E-state index contributed by atoms with van der Waals surface area (Å²) in [5, 5.41) is 11.6. The first kappa shape index (κ1) is 15.3. The van der Waals surface area contributed by atoms with Crippen molar-refractivity contribution in [2.24, 2.45) is 5.92 Å². The highest BCUT2D eigenvalue weighted by atomic mass is 19.4. The molecule has 5 nitrogen and oxygen atoms in total. The smallest absolute Gasteiger partial charge is 0.417 e. The van der Waals surface area contributed by atoms with Crippen LogP contribution in [0.4, 0.5) is 13.2 Å². The maximum Gasteiger partial charge on any atom is 0.417 e. The van der Waals surface area contributed by atoms with Crippen molar-refractivity contribution >= 4 is 11.9 Å². The fourth-order valence-corrected chi connectivity index (χ4v) is 1.99. The van der Waals surface area contributed by atoms with E-state index in [1.54, 1.807) is 0 Å². The van der Waals surface area contributed by atoms with Crippen molar-refractivity contribution < 1.29 is 27.9 Å². The third-order valence-electron chi connectivity index (χ3n) is 3.53. The Hall–Kier alpha value is -2.12. The molecule has 1 amide bonds. The number of aliphatic carboxylic acids is 1. The number of aromatic nitrogens is 1. The lowest BCUT2D eigenvalue weighted by Crippen LogP contribution is -2.54. The van der Waals surface area contributed by atoms with Gasteiger partial charge in [-0.2, -0.15) is 13.2 Å². The third-order valence-corrected chi connectivity index (χ3v) is 3.53. The average Bonchev–Trinajstić information content (AvgIpc) is 3.22. The fourth-order valence-electron chi connectivity index (χ4n) is 1.99. The number of nitrogens with zero attached hydrogens (tertiary/aromatic N) is 1. The minimum atomic E-state index is -4.54. The minimum absolute atomic E-state index is 0.173. The lowest BCUT2D eigenvalue weighted by Gasteiger charge is -2.25. The topological polar surface area (TPSA) is 79.3 Å². The predicted molar refractivity (Wildman–Crippen MR) is 65.5 cm³/mol. The number of halogens is 3. The molecule has 2 rings (SSSR count). The Bertz CT molecular complexity index is 567. The molecular weight excluding hydrogens is 289 g/mol. The van der Waals surface area contributed by atoms with Crippen molar-refractivity contribution in [2.75, 3.05) is 0 Å². The molecule has 0 bridgehead atoms. The largest absolute Gasteiger partial charge is 0.480 e. The molecule has 0 spiro atoms. The van der Waals surface area contributed by atoms with E-state index >= 15 is 0 Å². The van der Waals surface area contributed by atoms with Crippen LogP contribution in [0.2, 0.25) is 0 Å². The van der Waals surface area contributed by atoms with Crippen LogP contribution in [0.15, 0.2) is 18.3 Å². The van der Waals surface area contributed by atoms with E-state index < -0.39 is 29.2 Å². The van der Waals surface area contributed by atoms with Crippen molar-refractivity contribution in [1.82, 2.24) is 10.3 Å². The SMILES string of the molecule is CC(NC(=O)c1ccc(C(F)(F)F)cn1)(C(=O)O)C1CC1. The predicted octanol–water partition coefficient (Wildman–Crippen LogP) is 2.08. The van der Waals surface area contributed by atoms with Crippen molar-refractivity contribution in [3.63, 3.8) is 0 Å². The van der Waals surface area contributed by atoms with Crippen LogP contribution in [0.3, 0.4) is 0 Å². The second-order valence-corrected chi connectivity index (χ2v) is 5.17. The maximum atomic E-state index is 12.4. The summed E-state index contributed by atoms with van der Waals surface area (Å²) in [6.45, 7) is 1.38. The Kier molecular flexibility index (Phi) is 3.65. The van der Waals surface area contributed by atoms with Gasteiger partial charge in [0.25, 0.3) is 5.91 Å². The molecule has 0 aliphatic heterocycles. The molecule has 1 aliphatic rings. The first-order valence-corrected chi connectivity index (χ1v) is 6.24. The summed E-state index contributed by atoms with van der Waals surface area (Å²) in [5.74, 6) is -2.15. The van der Waals surface area contributed by atoms with Gasteiger partial charge in [0.1, 0.15) is 11.2 Å². The summed E-state index contributed by atoms with van der Waals surface area (Å²) < 4.78 is 37.2. The summed E-state index contributed by atoms with van der Waals surface area (Å²) in [7, 11) is 0. The van der Waals surface area contributed by atoms with Gasteiger partial charge in [-0.05, 0) is 37.8 Å². The molecule has 2 N–H and O–H groups in total. The molecule has 1 aromatic rings. The molecule has 0 radical (unpaired) electrons. The number of nitrogens with one attached hydrogen (secondary N) is 1. The first-order valence-electron chi connectivity index (χ1n) is 6.24. The normalized spacial score (nSPS) is 17.9. The molecule has 1 fully saturated rings. The minimum Gasteiger partial charge on any atom is -0.480 e. The van der Waals surface area contributed by atoms with Gasteiger partial charge in [0, 0.05) is 6.20 Å². The quantitative estimate of drug-likeness (QED) is 0.892. The van der Waals surface area contributed by atoms with Crippen LogP contribution in [0.5, 0.6) is 0 Å². The molecule has 1 unspecified atom stereocenters. The Labute approximate surface area is 118 Å². The van der Waals surface area contributed by atoms with Crippen LogP contribution in [-0.4, -0.2) is 27.5 Å². The van der Waals surface area contributed by atoms with Crippen LogP contribution < -0.4 is 5.32 Å². The zero-order chi connectivity index (χ0) is 15.8. The second kappa shape index (κ2) is 5.01. The Morgan fingerprint density at radius 2 is 1.95 bits per heavy atom.